The molecule has 2 aromatic rings. The largest absolute Gasteiger partial charge is 0.469 e. The molecule has 0 amide bonds. The van der Waals surface area contributed by atoms with Crippen LogP contribution in [0.3, 0.4) is 0 Å². The van der Waals surface area contributed by atoms with Crippen LogP contribution in [0.1, 0.15) is 30.4 Å². The van der Waals surface area contributed by atoms with Crippen molar-refractivity contribution < 1.29 is 17.9 Å². The quantitative estimate of drug-likeness (QED) is 0.654. The van der Waals surface area contributed by atoms with Crippen molar-refractivity contribution in [2.45, 2.75) is 42.5 Å². The Hall–Kier alpha value is -1.60. The molecule has 2 aromatic carbocycles. The molecule has 0 aliphatic heterocycles. The molecule has 0 aromatic heterocycles. The number of hydrogen-bond donors (Lipinski definition) is 1. The number of benzene rings is 2. The van der Waals surface area contributed by atoms with Gasteiger partial charge in [0.1, 0.15) is 0 Å². The first-order chi connectivity index (χ1) is 13.2. The monoisotopic (exact) mass is 441 g/mol. The smallest absolute Gasteiger partial charge is 0.309 e. The number of hydrogen-bond acceptors (Lipinski definition) is 4. The van der Waals surface area contributed by atoms with Gasteiger partial charge in [-0.25, -0.2) is 13.1 Å². The number of halogens is 2. The van der Waals surface area contributed by atoms with Gasteiger partial charge in [0.25, 0.3) is 0 Å². The third kappa shape index (κ3) is 4.87. The van der Waals surface area contributed by atoms with Crippen LogP contribution in [-0.4, -0.2) is 27.0 Å². The van der Waals surface area contributed by atoms with E-state index in [1.54, 1.807) is 24.3 Å². The molecule has 28 heavy (non-hydrogen) atoms. The van der Waals surface area contributed by atoms with Crippen LogP contribution in [0.25, 0.3) is 0 Å². The van der Waals surface area contributed by atoms with Gasteiger partial charge in [-0.1, -0.05) is 41.4 Å². The SMILES string of the molecule is COC(=O)Cc1ccc(S(=O)(=O)NC2(Cc3ccc(Cl)cc3Cl)CCC2)cc1. The lowest BCUT2D eigenvalue weighted by atomic mass is 9.74. The number of carbonyl (C=O) groups is 1. The maximum Gasteiger partial charge on any atom is 0.309 e. The van der Waals surface area contributed by atoms with Gasteiger partial charge in [0.2, 0.25) is 10.0 Å². The number of esters is 1. The second-order valence-corrected chi connectivity index (χ2v) is 9.57. The second kappa shape index (κ2) is 8.41. The normalized spacial score (nSPS) is 15.7. The van der Waals surface area contributed by atoms with E-state index in [1.165, 1.54) is 19.2 Å². The van der Waals surface area contributed by atoms with Gasteiger partial charge in [-0.2, -0.15) is 0 Å². The number of carbonyl (C=O) groups excluding carboxylic acids is 1. The van der Waals surface area contributed by atoms with E-state index < -0.39 is 15.6 Å². The highest BCUT2D eigenvalue weighted by Crippen LogP contribution is 2.38. The fraction of sp³-hybridized carbons (Fsp3) is 0.350. The predicted octanol–water partition coefficient (Wildman–Crippen LogP) is 4.15. The van der Waals surface area contributed by atoms with Gasteiger partial charge >= 0.3 is 5.97 Å². The van der Waals surface area contributed by atoms with Gasteiger partial charge in [-0.05, 0) is 61.1 Å². The van der Waals surface area contributed by atoms with Crippen molar-refractivity contribution in [2.24, 2.45) is 0 Å². The summed E-state index contributed by atoms with van der Waals surface area (Å²) in [7, 11) is -2.39. The first-order valence-corrected chi connectivity index (χ1v) is 11.1. The van der Waals surface area contributed by atoms with Gasteiger partial charge in [0, 0.05) is 15.6 Å². The van der Waals surface area contributed by atoms with Gasteiger partial charge in [0.05, 0.1) is 18.4 Å². The number of sulfonamides is 1. The first kappa shape index (κ1) is 21.1. The van der Waals surface area contributed by atoms with Crippen LogP contribution in [0.15, 0.2) is 47.4 Å². The molecule has 0 bridgehead atoms. The van der Waals surface area contributed by atoms with Crippen LogP contribution >= 0.6 is 23.2 Å². The predicted molar refractivity (Wildman–Crippen MR) is 109 cm³/mol. The third-order valence-electron chi connectivity index (χ3n) is 5.02. The molecule has 8 heteroatoms. The number of rotatable bonds is 7. The van der Waals surface area contributed by atoms with E-state index in [0.29, 0.717) is 22.0 Å². The Kier molecular flexibility index (Phi) is 6.34. The molecule has 0 unspecified atom stereocenters. The minimum Gasteiger partial charge on any atom is -0.469 e. The van der Waals surface area contributed by atoms with Crippen LogP contribution in [0.4, 0.5) is 0 Å². The zero-order valence-electron chi connectivity index (χ0n) is 15.4. The standard InChI is InChI=1S/C20H21Cl2NO4S/c1-27-19(24)11-14-3-7-17(8-4-14)28(25,26)23-20(9-2-10-20)13-15-5-6-16(21)12-18(15)22/h3-8,12,23H,2,9-11,13H2,1H3. The van der Waals surface area contributed by atoms with Crippen molar-refractivity contribution in [3.8, 4) is 0 Å². The highest BCUT2D eigenvalue weighted by molar-refractivity contribution is 7.89. The highest BCUT2D eigenvalue weighted by Gasteiger charge is 2.41. The van der Waals surface area contributed by atoms with Gasteiger partial charge in [-0.15, -0.1) is 0 Å². The molecule has 0 radical (unpaired) electrons. The molecule has 0 spiro atoms. The topological polar surface area (TPSA) is 72.5 Å². The summed E-state index contributed by atoms with van der Waals surface area (Å²) < 4.78 is 33.3. The molecule has 1 saturated carbocycles. The second-order valence-electron chi connectivity index (χ2n) is 7.05. The molecule has 150 valence electrons. The fourth-order valence-electron chi connectivity index (χ4n) is 3.32. The van der Waals surface area contributed by atoms with E-state index >= 15 is 0 Å². The minimum atomic E-state index is -3.71. The van der Waals surface area contributed by atoms with Crippen LogP contribution in [-0.2, 0) is 32.4 Å². The number of nitrogens with one attached hydrogen (secondary N) is 1. The van der Waals surface area contributed by atoms with E-state index in [2.05, 4.69) is 9.46 Å². The Morgan fingerprint density at radius 3 is 2.36 bits per heavy atom. The summed E-state index contributed by atoms with van der Waals surface area (Å²) in [6, 6.07) is 11.5. The molecule has 1 N–H and O–H groups in total. The van der Waals surface area contributed by atoms with Crippen molar-refractivity contribution in [2.75, 3.05) is 7.11 Å². The Bertz CT molecular complexity index is 970. The molecule has 5 nitrogen and oxygen atoms in total. The van der Waals surface area contributed by atoms with E-state index in [4.69, 9.17) is 23.2 Å². The molecule has 1 aliphatic rings. The average Bonchev–Trinajstić information content (AvgIpc) is 2.62. The first-order valence-electron chi connectivity index (χ1n) is 8.87. The molecule has 0 saturated heterocycles. The van der Waals surface area contributed by atoms with E-state index in [0.717, 1.165) is 24.8 Å². The Labute approximate surface area is 175 Å². The summed E-state index contributed by atoms with van der Waals surface area (Å²) in [5, 5.41) is 1.08. The molecular formula is C20H21Cl2NO4S. The number of methoxy groups -OCH3 is 1. The zero-order chi connectivity index (χ0) is 20.4. The summed E-state index contributed by atoms with van der Waals surface area (Å²) >= 11 is 12.2. The summed E-state index contributed by atoms with van der Waals surface area (Å²) in [5.41, 5.74) is 1.00. The lowest BCUT2D eigenvalue weighted by molar-refractivity contribution is -0.139. The average molecular weight is 442 g/mol. The highest BCUT2D eigenvalue weighted by atomic mass is 35.5. The van der Waals surface area contributed by atoms with Gasteiger partial charge in [-0.3, -0.25) is 4.79 Å². The van der Waals surface area contributed by atoms with Crippen LogP contribution < -0.4 is 4.72 Å². The summed E-state index contributed by atoms with van der Waals surface area (Å²) in [4.78, 5) is 11.5. The summed E-state index contributed by atoms with van der Waals surface area (Å²) in [5.74, 6) is -0.373. The Balaban J connectivity index is 1.77. The van der Waals surface area contributed by atoms with Crippen molar-refractivity contribution in [3.05, 3.63) is 63.6 Å². The molecule has 1 aliphatic carbocycles. The van der Waals surface area contributed by atoms with E-state index in [1.807, 2.05) is 6.07 Å². The Morgan fingerprint density at radius 1 is 1.14 bits per heavy atom. The van der Waals surface area contributed by atoms with E-state index in [9.17, 15) is 13.2 Å². The maximum absolute atomic E-state index is 12.9. The molecule has 1 fully saturated rings. The van der Waals surface area contributed by atoms with Gasteiger partial charge < -0.3 is 4.74 Å². The molecule has 0 heterocycles. The van der Waals surface area contributed by atoms with Crippen LogP contribution in [0.2, 0.25) is 10.0 Å². The Morgan fingerprint density at radius 2 is 1.82 bits per heavy atom. The lowest BCUT2D eigenvalue weighted by Crippen LogP contribution is -2.54. The molecular weight excluding hydrogens is 421 g/mol. The fourth-order valence-corrected chi connectivity index (χ4v) is 5.25. The summed E-state index contributed by atoms with van der Waals surface area (Å²) in [6.07, 6.45) is 3.04. The number of ether oxygens (including phenoxy) is 1. The van der Waals surface area contributed by atoms with Crippen molar-refractivity contribution in [1.82, 2.24) is 4.72 Å². The maximum atomic E-state index is 12.9. The lowest BCUT2D eigenvalue weighted by Gasteiger charge is -2.42. The van der Waals surface area contributed by atoms with Crippen molar-refractivity contribution >= 4 is 39.2 Å². The zero-order valence-corrected chi connectivity index (χ0v) is 17.7. The van der Waals surface area contributed by atoms with Gasteiger partial charge in [0.15, 0.2) is 0 Å². The minimum absolute atomic E-state index is 0.100. The third-order valence-corrected chi connectivity index (χ3v) is 7.20. The van der Waals surface area contributed by atoms with Crippen LogP contribution in [0.5, 0.6) is 0 Å². The van der Waals surface area contributed by atoms with E-state index in [-0.39, 0.29) is 17.3 Å². The van der Waals surface area contributed by atoms with Crippen molar-refractivity contribution in [1.29, 1.82) is 0 Å². The van der Waals surface area contributed by atoms with Crippen LogP contribution in [0, 0.1) is 0 Å². The molecule has 0 atom stereocenters. The summed E-state index contributed by atoms with van der Waals surface area (Å²) in [6.45, 7) is 0. The molecule has 3 rings (SSSR count). The van der Waals surface area contributed by atoms with Crippen molar-refractivity contribution in [3.63, 3.8) is 0 Å².